The number of hydrogen-bond acceptors (Lipinski definition) is 4. The lowest BCUT2D eigenvalue weighted by molar-refractivity contribution is -0.122. The van der Waals surface area contributed by atoms with E-state index in [2.05, 4.69) is 10.5 Å². The molecular formula is C16H20N2O3. The molecular weight excluding hydrogens is 268 g/mol. The fraction of sp³-hybridized carbons (Fsp3) is 0.500. The number of phenols is 1. The van der Waals surface area contributed by atoms with Gasteiger partial charge >= 0.3 is 0 Å². The third-order valence-corrected chi connectivity index (χ3v) is 4.55. The Morgan fingerprint density at radius 1 is 1.38 bits per heavy atom. The van der Waals surface area contributed by atoms with Crippen molar-refractivity contribution in [2.75, 3.05) is 7.11 Å². The lowest BCUT2D eigenvalue weighted by atomic mass is 10.0. The fourth-order valence-electron chi connectivity index (χ4n) is 3.40. The molecule has 2 aliphatic rings. The predicted octanol–water partition coefficient (Wildman–Crippen LogP) is 2.29. The molecule has 0 spiro atoms. The average molecular weight is 288 g/mol. The van der Waals surface area contributed by atoms with Gasteiger partial charge in [-0.3, -0.25) is 4.79 Å². The minimum Gasteiger partial charge on any atom is -0.504 e. The van der Waals surface area contributed by atoms with Gasteiger partial charge in [-0.05, 0) is 48.4 Å². The lowest BCUT2D eigenvalue weighted by Gasteiger charge is -2.04. The van der Waals surface area contributed by atoms with Gasteiger partial charge in [0.15, 0.2) is 11.5 Å². The number of aromatic hydroxyl groups is 1. The zero-order valence-electron chi connectivity index (χ0n) is 12.1. The van der Waals surface area contributed by atoms with Gasteiger partial charge in [0.2, 0.25) is 5.91 Å². The number of hydrazone groups is 1. The minimum absolute atomic E-state index is 0.0360. The van der Waals surface area contributed by atoms with E-state index in [1.54, 1.807) is 18.3 Å². The molecule has 2 unspecified atom stereocenters. The second-order valence-electron chi connectivity index (χ2n) is 5.80. The number of carbonyl (C=O) groups excluding carboxylic acids is 1. The van der Waals surface area contributed by atoms with E-state index in [0.29, 0.717) is 17.6 Å². The molecule has 0 saturated heterocycles. The molecule has 2 N–H and O–H groups in total. The van der Waals surface area contributed by atoms with Crippen molar-refractivity contribution in [1.29, 1.82) is 0 Å². The minimum atomic E-state index is 0.0360. The number of rotatable bonds is 4. The number of carbonyl (C=O) groups is 1. The van der Waals surface area contributed by atoms with Gasteiger partial charge < -0.3 is 9.84 Å². The van der Waals surface area contributed by atoms with Crippen molar-refractivity contribution in [3.63, 3.8) is 0 Å². The molecule has 0 bridgehead atoms. The first-order chi connectivity index (χ1) is 10.2. The number of ether oxygens (including phenoxy) is 1. The van der Waals surface area contributed by atoms with Gasteiger partial charge in [0.25, 0.3) is 0 Å². The standard InChI is InChI=1S/C16H20N2O3/c1-21-14-8-10(6-7-13(14)19)9-17-18-16(20)15-11-4-2-3-5-12(11)15/h6-9,11-12,15,19H,2-5H2,1H3,(H,18,20)/b17-9+. The van der Waals surface area contributed by atoms with Crippen molar-refractivity contribution in [2.24, 2.45) is 22.9 Å². The van der Waals surface area contributed by atoms with Crippen LogP contribution in [0.1, 0.15) is 31.2 Å². The Labute approximate surface area is 124 Å². The Bertz CT molecular complexity index is 559. The molecule has 0 heterocycles. The maximum atomic E-state index is 12.0. The first-order valence-electron chi connectivity index (χ1n) is 7.40. The first-order valence-corrected chi connectivity index (χ1v) is 7.40. The van der Waals surface area contributed by atoms with Crippen LogP contribution in [0.4, 0.5) is 0 Å². The fourth-order valence-corrected chi connectivity index (χ4v) is 3.40. The molecule has 3 rings (SSSR count). The third-order valence-electron chi connectivity index (χ3n) is 4.55. The number of amides is 1. The zero-order valence-corrected chi connectivity index (χ0v) is 12.1. The summed E-state index contributed by atoms with van der Waals surface area (Å²) in [5.41, 5.74) is 3.39. The molecule has 1 aromatic carbocycles. The van der Waals surface area contributed by atoms with E-state index >= 15 is 0 Å². The third kappa shape index (κ3) is 2.86. The molecule has 5 nitrogen and oxygen atoms in total. The monoisotopic (exact) mass is 288 g/mol. The van der Waals surface area contributed by atoms with Crippen LogP contribution in [0.15, 0.2) is 23.3 Å². The van der Waals surface area contributed by atoms with E-state index in [0.717, 1.165) is 5.56 Å². The van der Waals surface area contributed by atoms with Crippen LogP contribution in [0.5, 0.6) is 11.5 Å². The van der Waals surface area contributed by atoms with Gasteiger partial charge in [0.05, 0.1) is 13.3 Å². The summed E-state index contributed by atoms with van der Waals surface area (Å²) in [7, 11) is 1.49. The van der Waals surface area contributed by atoms with Crippen LogP contribution in [0.2, 0.25) is 0 Å². The summed E-state index contributed by atoms with van der Waals surface area (Å²) < 4.78 is 5.03. The molecule has 1 aromatic rings. The highest BCUT2D eigenvalue weighted by atomic mass is 16.5. The number of nitrogens with one attached hydrogen (secondary N) is 1. The van der Waals surface area contributed by atoms with Gasteiger partial charge in [-0.1, -0.05) is 12.8 Å². The highest BCUT2D eigenvalue weighted by Gasteiger charge is 2.54. The Hall–Kier alpha value is -2.04. The van der Waals surface area contributed by atoms with Gasteiger partial charge in [-0.15, -0.1) is 0 Å². The van der Waals surface area contributed by atoms with E-state index in [4.69, 9.17) is 4.74 Å². The zero-order chi connectivity index (χ0) is 14.8. The van der Waals surface area contributed by atoms with E-state index in [1.807, 2.05) is 0 Å². The van der Waals surface area contributed by atoms with Crippen molar-refractivity contribution >= 4 is 12.1 Å². The second-order valence-corrected chi connectivity index (χ2v) is 5.80. The Kier molecular flexibility index (Phi) is 3.82. The molecule has 2 saturated carbocycles. The van der Waals surface area contributed by atoms with Crippen LogP contribution in [0, 0.1) is 17.8 Å². The van der Waals surface area contributed by atoms with Gasteiger partial charge in [0.1, 0.15) is 0 Å². The summed E-state index contributed by atoms with van der Waals surface area (Å²) >= 11 is 0. The summed E-state index contributed by atoms with van der Waals surface area (Å²) in [6, 6.07) is 4.92. The Balaban J connectivity index is 1.56. The summed E-state index contributed by atoms with van der Waals surface area (Å²) in [5, 5.41) is 13.5. The highest BCUT2D eigenvalue weighted by molar-refractivity contribution is 5.85. The number of phenolic OH excluding ortho intramolecular Hbond substituents is 1. The van der Waals surface area contributed by atoms with E-state index in [1.165, 1.54) is 38.9 Å². The van der Waals surface area contributed by atoms with Gasteiger partial charge in [-0.25, -0.2) is 5.43 Å². The summed E-state index contributed by atoms with van der Waals surface area (Å²) in [5.74, 6) is 1.84. The number of benzene rings is 1. The number of hydrogen-bond donors (Lipinski definition) is 2. The smallest absolute Gasteiger partial charge is 0.243 e. The van der Waals surface area contributed by atoms with Crippen molar-refractivity contribution in [2.45, 2.75) is 25.7 Å². The van der Waals surface area contributed by atoms with E-state index in [-0.39, 0.29) is 17.6 Å². The van der Waals surface area contributed by atoms with Crippen LogP contribution in [0.3, 0.4) is 0 Å². The first kappa shape index (κ1) is 13.9. The molecule has 1 amide bonds. The molecule has 2 atom stereocenters. The number of methoxy groups -OCH3 is 1. The summed E-state index contributed by atoms with van der Waals surface area (Å²) in [6.07, 6.45) is 6.43. The topological polar surface area (TPSA) is 70.9 Å². The molecule has 112 valence electrons. The van der Waals surface area contributed by atoms with Crippen LogP contribution in [-0.2, 0) is 4.79 Å². The lowest BCUT2D eigenvalue weighted by Crippen LogP contribution is -2.20. The average Bonchev–Trinajstić information content (AvgIpc) is 3.23. The molecule has 21 heavy (non-hydrogen) atoms. The molecule has 5 heteroatoms. The molecule has 2 aliphatic carbocycles. The van der Waals surface area contributed by atoms with Crippen LogP contribution in [0.25, 0.3) is 0 Å². The van der Waals surface area contributed by atoms with Crippen molar-refractivity contribution in [3.05, 3.63) is 23.8 Å². The van der Waals surface area contributed by atoms with Gasteiger partial charge in [-0.2, -0.15) is 5.10 Å². The number of fused-ring (bicyclic) bond motifs is 1. The molecule has 0 radical (unpaired) electrons. The largest absolute Gasteiger partial charge is 0.504 e. The molecule has 0 aromatic heterocycles. The highest BCUT2D eigenvalue weighted by Crippen LogP contribution is 2.55. The maximum absolute atomic E-state index is 12.0. The molecule has 2 fully saturated rings. The SMILES string of the molecule is COc1cc(/C=N/NC(=O)C2C3CCCCC32)ccc1O. The van der Waals surface area contributed by atoms with Crippen LogP contribution < -0.4 is 10.2 Å². The summed E-state index contributed by atoms with van der Waals surface area (Å²) in [4.78, 5) is 12.0. The van der Waals surface area contributed by atoms with Crippen molar-refractivity contribution < 1.29 is 14.6 Å². The van der Waals surface area contributed by atoms with Crippen LogP contribution in [-0.4, -0.2) is 24.3 Å². The van der Waals surface area contributed by atoms with Crippen LogP contribution >= 0.6 is 0 Å². The number of nitrogens with zero attached hydrogens (tertiary/aromatic N) is 1. The molecule has 0 aliphatic heterocycles. The van der Waals surface area contributed by atoms with E-state index < -0.39 is 0 Å². The Morgan fingerprint density at radius 3 is 2.76 bits per heavy atom. The van der Waals surface area contributed by atoms with Crippen molar-refractivity contribution in [3.8, 4) is 11.5 Å². The van der Waals surface area contributed by atoms with E-state index in [9.17, 15) is 9.90 Å². The second kappa shape index (κ2) is 5.76. The predicted molar refractivity (Wildman–Crippen MR) is 79.3 cm³/mol. The van der Waals surface area contributed by atoms with Crippen molar-refractivity contribution in [1.82, 2.24) is 5.43 Å². The normalized spacial score (nSPS) is 27.2. The van der Waals surface area contributed by atoms with Gasteiger partial charge in [0, 0.05) is 5.92 Å². The maximum Gasteiger partial charge on any atom is 0.243 e. The Morgan fingerprint density at radius 2 is 2.10 bits per heavy atom. The quantitative estimate of drug-likeness (QED) is 0.659. The summed E-state index contributed by atoms with van der Waals surface area (Å²) in [6.45, 7) is 0.